The molecule has 2 heteroatoms. The average molecular weight is 238 g/mol. The first-order chi connectivity index (χ1) is 7.21. The Kier molecular flexibility index (Phi) is 3.95. The molecular formula is C14H22OS. The van der Waals surface area contributed by atoms with Crippen LogP contribution in [0.3, 0.4) is 0 Å². The van der Waals surface area contributed by atoms with Gasteiger partial charge in [-0.25, -0.2) is 0 Å². The van der Waals surface area contributed by atoms with Gasteiger partial charge in [-0.2, -0.15) is 0 Å². The van der Waals surface area contributed by atoms with Gasteiger partial charge in [-0.1, -0.05) is 27.7 Å². The Bertz CT molecular complexity index is 382. The number of hydrogen-bond donors (Lipinski definition) is 0. The summed E-state index contributed by atoms with van der Waals surface area (Å²) in [5, 5.41) is 0. The lowest BCUT2D eigenvalue weighted by atomic mass is 9.78. The minimum absolute atomic E-state index is 0.203. The number of carbonyl (C=O) groups excluding carboxylic acids is 1. The van der Waals surface area contributed by atoms with E-state index in [1.54, 1.807) is 11.3 Å². The van der Waals surface area contributed by atoms with Crippen molar-refractivity contribution >= 4 is 17.1 Å². The second-order valence-corrected chi connectivity index (χ2v) is 7.18. The molecule has 16 heavy (non-hydrogen) atoms. The minimum atomic E-state index is 0.203. The number of thiophene rings is 1. The number of hydrogen-bond acceptors (Lipinski definition) is 2. The SMILES string of the molecule is Cc1cc(C(=O)CC(C)C(C)(C)C)c(C)s1. The van der Waals surface area contributed by atoms with Gasteiger partial charge in [0.1, 0.15) is 0 Å². The third-order valence-corrected chi connectivity index (χ3v) is 4.28. The predicted octanol–water partition coefficient (Wildman–Crippen LogP) is 4.62. The Morgan fingerprint density at radius 2 is 1.94 bits per heavy atom. The topological polar surface area (TPSA) is 17.1 Å². The summed E-state index contributed by atoms with van der Waals surface area (Å²) >= 11 is 1.71. The molecule has 0 spiro atoms. The fourth-order valence-corrected chi connectivity index (χ4v) is 2.54. The molecule has 0 aromatic carbocycles. The zero-order chi connectivity index (χ0) is 12.5. The van der Waals surface area contributed by atoms with E-state index in [9.17, 15) is 4.79 Å². The van der Waals surface area contributed by atoms with Crippen molar-refractivity contribution in [3.63, 3.8) is 0 Å². The molecule has 90 valence electrons. The van der Waals surface area contributed by atoms with Crippen LogP contribution in [0.25, 0.3) is 0 Å². The lowest BCUT2D eigenvalue weighted by Crippen LogP contribution is -2.20. The summed E-state index contributed by atoms with van der Waals surface area (Å²) in [5.41, 5.74) is 1.13. The number of ketones is 1. The van der Waals surface area contributed by atoms with E-state index in [0.717, 1.165) is 10.4 Å². The Morgan fingerprint density at radius 1 is 1.38 bits per heavy atom. The van der Waals surface area contributed by atoms with Crippen LogP contribution >= 0.6 is 11.3 Å². The van der Waals surface area contributed by atoms with Crippen molar-refractivity contribution in [2.75, 3.05) is 0 Å². The summed E-state index contributed by atoms with van der Waals surface area (Å²) in [4.78, 5) is 14.5. The maximum Gasteiger partial charge on any atom is 0.164 e. The van der Waals surface area contributed by atoms with E-state index in [0.29, 0.717) is 18.1 Å². The first kappa shape index (κ1) is 13.4. The number of aryl methyl sites for hydroxylation is 2. The summed E-state index contributed by atoms with van der Waals surface area (Å²) in [6.07, 6.45) is 0.653. The molecule has 0 amide bonds. The summed E-state index contributed by atoms with van der Waals surface area (Å²) in [7, 11) is 0. The molecule has 1 unspecified atom stereocenters. The Morgan fingerprint density at radius 3 is 2.31 bits per heavy atom. The fraction of sp³-hybridized carbons (Fsp3) is 0.643. The molecule has 1 nitrogen and oxygen atoms in total. The normalized spacial score (nSPS) is 13.9. The van der Waals surface area contributed by atoms with Crippen molar-refractivity contribution in [2.24, 2.45) is 11.3 Å². The van der Waals surface area contributed by atoms with Crippen molar-refractivity contribution in [3.8, 4) is 0 Å². The van der Waals surface area contributed by atoms with Gasteiger partial charge in [0.15, 0.2) is 5.78 Å². The zero-order valence-electron chi connectivity index (χ0n) is 11.2. The standard InChI is InChI=1S/C14H22OS/c1-9(14(4,5)6)7-13(15)12-8-10(2)16-11(12)3/h8-9H,7H2,1-6H3. The molecule has 0 saturated carbocycles. The van der Waals surface area contributed by atoms with Gasteiger partial charge in [0.2, 0.25) is 0 Å². The highest BCUT2D eigenvalue weighted by atomic mass is 32.1. The molecule has 1 rings (SSSR count). The van der Waals surface area contributed by atoms with E-state index in [1.165, 1.54) is 4.88 Å². The van der Waals surface area contributed by atoms with E-state index >= 15 is 0 Å². The quantitative estimate of drug-likeness (QED) is 0.702. The van der Waals surface area contributed by atoms with Crippen LogP contribution in [0.15, 0.2) is 6.07 Å². The molecule has 0 aliphatic heterocycles. The molecule has 0 radical (unpaired) electrons. The molecular weight excluding hydrogens is 216 g/mol. The molecule has 0 aliphatic rings. The highest BCUT2D eigenvalue weighted by molar-refractivity contribution is 7.12. The van der Waals surface area contributed by atoms with Crippen molar-refractivity contribution in [1.29, 1.82) is 0 Å². The molecule has 1 heterocycles. The second kappa shape index (κ2) is 4.70. The summed E-state index contributed by atoms with van der Waals surface area (Å²) in [5.74, 6) is 0.712. The van der Waals surface area contributed by atoms with Crippen molar-refractivity contribution in [2.45, 2.75) is 48.0 Å². The van der Waals surface area contributed by atoms with Gasteiger partial charge in [0.05, 0.1) is 0 Å². The monoisotopic (exact) mass is 238 g/mol. The van der Waals surface area contributed by atoms with Crippen LogP contribution in [0.1, 0.15) is 54.2 Å². The number of carbonyl (C=O) groups is 1. The van der Waals surface area contributed by atoms with Gasteiger partial charge in [0.25, 0.3) is 0 Å². The van der Waals surface area contributed by atoms with Crippen molar-refractivity contribution < 1.29 is 4.79 Å². The molecule has 1 aromatic heterocycles. The lowest BCUT2D eigenvalue weighted by Gasteiger charge is -2.26. The van der Waals surface area contributed by atoms with Gasteiger partial charge in [-0.05, 0) is 31.2 Å². The number of Topliss-reactive ketones (excluding diaryl/α,β-unsaturated/α-hetero) is 1. The summed E-state index contributed by atoms with van der Waals surface area (Å²) in [6, 6.07) is 2.03. The van der Waals surface area contributed by atoms with E-state index in [2.05, 4.69) is 34.6 Å². The van der Waals surface area contributed by atoms with Crippen LogP contribution in [0.4, 0.5) is 0 Å². The van der Waals surface area contributed by atoms with E-state index in [-0.39, 0.29) is 5.41 Å². The highest BCUT2D eigenvalue weighted by Gasteiger charge is 2.24. The second-order valence-electron chi connectivity index (χ2n) is 5.72. The molecule has 1 aromatic rings. The van der Waals surface area contributed by atoms with E-state index in [4.69, 9.17) is 0 Å². The largest absolute Gasteiger partial charge is 0.294 e. The van der Waals surface area contributed by atoms with Gasteiger partial charge < -0.3 is 0 Å². The first-order valence-electron chi connectivity index (χ1n) is 5.82. The van der Waals surface area contributed by atoms with E-state index < -0.39 is 0 Å². The van der Waals surface area contributed by atoms with Gasteiger partial charge in [0, 0.05) is 21.7 Å². The smallest absolute Gasteiger partial charge is 0.164 e. The zero-order valence-corrected chi connectivity index (χ0v) is 12.0. The van der Waals surface area contributed by atoms with Crippen LogP contribution in [-0.2, 0) is 0 Å². The minimum Gasteiger partial charge on any atom is -0.294 e. The highest BCUT2D eigenvalue weighted by Crippen LogP contribution is 2.30. The lowest BCUT2D eigenvalue weighted by molar-refractivity contribution is 0.0927. The van der Waals surface area contributed by atoms with Gasteiger partial charge in [-0.15, -0.1) is 11.3 Å². The van der Waals surface area contributed by atoms with Crippen LogP contribution in [-0.4, -0.2) is 5.78 Å². The van der Waals surface area contributed by atoms with Crippen molar-refractivity contribution in [3.05, 3.63) is 21.4 Å². The molecule has 0 fully saturated rings. The fourth-order valence-electron chi connectivity index (χ4n) is 1.60. The van der Waals surface area contributed by atoms with Gasteiger partial charge >= 0.3 is 0 Å². The maximum absolute atomic E-state index is 12.1. The summed E-state index contributed by atoms with van der Waals surface area (Å²) < 4.78 is 0. The molecule has 0 aliphatic carbocycles. The predicted molar refractivity (Wildman–Crippen MR) is 71.4 cm³/mol. The first-order valence-corrected chi connectivity index (χ1v) is 6.63. The van der Waals surface area contributed by atoms with Crippen LogP contribution in [0.2, 0.25) is 0 Å². The summed E-state index contributed by atoms with van der Waals surface area (Å²) in [6.45, 7) is 12.8. The number of rotatable bonds is 3. The molecule has 0 N–H and O–H groups in total. The van der Waals surface area contributed by atoms with Crippen LogP contribution < -0.4 is 0 Å². The Labute approximate surface area is 103 Å². The third-order valence-electron chi connectivity index (χ3n) is 3.31. The third kappa shape index (κ3) is 3.18. The maximum atomic E-state index is 12.1. The molecule has 1 atom stereocenters. The Hall–Kier alpha value is -0.630. The van der Waals surface area contributed by atoms with Crippen molar-refractivity contribution in [1.82, 2.24) is 0 Å². The average Bonchev–Trinajstić information content (AvgIpc) is 2.43. The van der Waals surface area contributed by atoms with E-state index in [1.807, 2.05) is 13.0 Å². The van der Waals surface area contributed by atoms with Gasteiger partial charge in [-0.3, -0.25) is 4.79 Å². The Balaban J connectivity index is 2.77. The molecule has 0 bridgehead atoms. The van der Waals surface area contributed by atoms with Crippen LogP contribution in [0.5, 0.6) is 0 Å². The van der Waals surface area contributed by atoms with Crippen LogP contribution in [0, 0.1) is 25.2 Å². The molecule has 0 saturated heterocycles.